The zero-order valence-electron chi connectivity index (χ0n) is 10.5. The number of para-hydroxylation sites is 2. The molecular formula is C15H14FNO2. The Hall–Kier alpha value is -2.36. The molecule has 4 heteroatoms. The Morgan fingerprint density at radius 2 is 1.74 bits per heavy atom. The molecule has 0 N–H and O–H groups in total. The zero-order chi connectivity index (χ0) is 13.7. The van der Waals surface area contributed by atoms with Gasteiger partial charge in [-0.25, -0.2) is 9.18 Å². The molecule has 98 valence electrons. The molecule has 0 bridgehead atoms. The molecule has 0 spiro atoms. The summed E-state index contributed by atoms with van der Waals surface area (Å²) in [5, 5.41) is 0. The largest absolute Gasteiger partial charge is 0.419 e. The van der Waals surface area contributed by atoms with Gasteiger partial charge in [0.1, 0.15) is 11.6 Å². The van der Waals surface area contributed by atoms with E-state index in [1.54, 1.807) is 49.4 Å². The highest BCUT2D eigenvalue weighted by atomic mass is 19.1. The van der Waals surface area contributed by atoms with E-state index in [1.807, 2.05) is 6.07 Å². The number of halogens is 1. The minimum absolute atomic E-state index is 0.214. The minimum Gasteiger partial charge on any atom is -0.410 e. The van der Waals surface area contributed by atoms with Crippen molar-refractivity contribution in [2.45, 2.75) is 6.92 Å². The maximum Gasteiger partial charge on any atom is 0.419 e. The van der Waals surface area contributed by atoms with E-state index in [-0.39, 0.29) is 5.69 Å². The molecule has 0 unspecified atom stereocenters. The van der Waals surface area contributed by atoms with Crippen molar-refractivity contribution in [3.8, 4) is 5.75 Å². The number of amides is 1. The molecule has 0 fully saturated rings. The number of carbonyl (C=O) groups excluding carboxylic acids is 1. The van der Waals surface area contributed by atoms with Gasteiger partial charge in [-0.15, -0.1) is 0 Å². The van der Waals surface area contributed by atoms with E-state index < -0.39 is 11.9 Å². The molecule has 1 amide bonds. The second-order valence-corrected chi connectivity index (χ2v) is 3.88. The van der Waals surface area contributed by atoms with Crippen LogP contribution < -0.4 is 9.64 Å². The van der Waals surface area contributed by atoms with E-state index in [4.69, 9.17) is 4.74 Å². The molecule has 2 aromatic carbocycles. The third-order valence-corrected chi connectivity index (χ3v) is 2.63. The first kappa shape index (κ1) is 13.1. The summed E-state index contributed by atoms with van der Waals surface area (Å²) < 4.78 is 18.9. The van der Waals surface area contributed by atoms with Gasteiger partial charge in [0.05, 0.1) is 5.69 Å². The van der Waals surface area contributed by atoms with Gasteiger partial charge in [0.25, 0.3) is 0 Å². The van der Waals surface area contributed by atoms with E-state index in [2.05, 4.69) is 0 Å². The summed E-state index contributed by atoms with van der Waals surface area (Å²) in [6, 6.07) is 14.8. The summed E-state index contributed by atoms with van der Waals surface area (Å²) in [6.07, 6.45) is -0.598. The van der Waals surface area contributed by atoms with Crippen LogP contribution in [0.1, 0.15) is 6.92 Å². The van der Waals surface area contributed by atoms with Crippen LogP contribution in [0.5, 0.6) is 5.75 Å². The highest BCUT2D eigenvalue weighted by molar-refractivity contribution is 5.89. The van der Waals surface area contributed by atoms with Crippen LogP contribution >= 0.6 is 0 Å². The van der Waals surface area contributed by atoms with Gasteiger partial charge >= 0.3 is 6.09 Å². The number of rotatable bonds is 3. The van der Waals surface area contributed by atoms with Crippen LogP contribution in [0, 0.1) is 5.82 Å². The Labute approximate surface area is 111 Å². The van der Waals surface area contributed by atoms with Gasteiger partial charge in [0.15, 0.2) is 0 Å². The van der Waals surface area contributed by atoms with Gasteiger partial charge in [0.2, 0.25) is 0 Å². The van der Waals surface area contributed by atoms with Gasteiger partial charge < -0.3 is 4.74 Å². The maximum absolute atomic E-state index is 13.7. The third-order valence-electron chi connectivity index (χ3n) is 2.63. The summed E-state index contributed by atoms with van der Waals surface area (Å²) in [5.74, 6) is -0.0170. The molecule has 19 heavy (non-hydrogen) atoms. The highest BCUT2D eigenvalue weighted by Crippen LogP contribution is 2.20. The molecule has 0 saturated heterocycles. The molecule has 0 aliphatic heterocycles. The molecule has 0 aromatic heterocycles. The topological polar surface area (TPSA) is 29.5 Å². The lowest BCUT2D eigenvalue weighted by Gasteiger charge is -2.20. The Bertz CT molecular complexity index is 557. The number of hydrogen-bond donors (Lipinski definition) is 0. The molecule has 0 atom stereocenters. The Morgan fingerprint density at radius 3 is 2.37 bits per heavy atom. The number of anilines is 1. The summed E-state index contributed by atoms with van der Waals surface area (Å²) in [7, 11) is 0. The fourth-order valence-electron chi connectivity index (χ4n) is 1.71. The van der Waals surface area contributed by atoms with E-state index >= 15 is 0 Å². The van der Waals surface area contributed by atoms with E-state index in [1.165, 1.54) is 11.0 Å². The predicted molar refractivity (Wildman–Crippen MR) is 71.9 cm³/mol. The average Bonchev–Trinajstić information content (AvgIpc) is 2.43. The molecule has 0 aliphatic carbocycles. The maximum atomic E-state index is 13.7. The average molecular weight is 259 g/mol. The van der Waals surface area contributed by atoms with E-state index in [0.29, 0.717) is 12.3 Å². The van der Waals surface area contributed by atoms with Crippen molar-refractivity contribution in [3.05, 3.63) is 60.4 Å². The summed E-state index contributed by atoms with van der Waals surface area (Å²) in [5.41, 5.74) is 0.214. The predicted octanol–water partition coefficient (Wildman–Crippen LogP) is 3.85. The minimum atomic E-state index is -0.598. The van der Waals surface area contributed by atoms with Crippen molar-refractivity contribution in [1.29, 1.82) is 0 Å². The summed E-state index contributed by atoms with van der Waals surface area (Å²) >= 11 is 0. The van der Waals surface area contributed by atoms with Gasteiger partial charge in [-0.1, -0.05) is 30.3 Å². The molecule has 3 nitrogen and oxygen atoms in total. The second-order valence-electron chi connectivity index (χ2n) is 3.88. The number of benzene rings is 2. The molecular weight excluding hydrogens is 245 g/mol. The first-order valence-electron chi connectivity index (χ1n) is 6.01. The quantitative estimate of drug-likeness (QED) is 0.837. The molecule has 0 saturated carbocycles. The second kappa shape index (κ2) is 6.00. The van der Waals surface area contributed by atoms with E-state index in [0.717, 1.165) is 0 Å². The third kappa shape index (κ3) is 3.10. The molecule has 2 aromatic rings. The zero-order valence-corrected chi connectivity index (χ0v) is 10.5. The molecule has 0 aliphatic rings. The van der Waals surface area contributed by atoms with Crippen molar-refractivity contribution in [3.63, 3.8) is 0 Å². The van der Waals surface area contributed by atoms with Crippen molar-refractivity contribution >= 4 is 11.8 Å². The van der Waals surface area contributed by atoms with Gasteiger partial charge in [-0.2, -0.15) is 0 Å². The Morgan fingerprint density at radius 1 is 1.11 bits per heavy atom. The van der Waals surface area contributed by atoms with Crippen LogP contribution in [0.4, 0.5) is 14.9 Å². The Kier molecular flexibility index (Phi) is 4.13. The van der Waals surface area contributed by atoms with Crippen LogP contribution in [0.15, 0.2) is 54.6 Å². The van der Waals surface area contributed by atoms with Crippen LogP contribution in [-0.2, 0) is 0 Å². The fourth-order valence-corrected chi connectivity index (χ4v) is 1.71. The van der Waals surface area contributed by atoms with Crippen molar-refractivity contribution < 1.29 is 13.9 Å². The van der Waals surface area contributed by atoms with E-state index in [9.17, 15) is 9.18 Å². The van der Waals surface area contributed by atoms with Gasteiger partial charge in [0, 0.05) is 6.54 Å². The fraction of sp³-hybridized carbons (Fsp3) is 0.133. The lowest BCUT2D eigenvalue weighted by atomic mass is 10.3. The van der Waals surface area contributed by atoms with Crippen LogP contribution in [0.25, 0.3) is 0 Å². The van der Waals surface area contributed by atoms with Crippen LogP contribution in [0.3, 0.4) is 0 Å². The molecule has 2 rings (SSSR count). The first-order valence-corrected chi connectivity index (χ1v) is 6.01. The van der Waals surface area contributed by atoms with Crippen LogP contribution in [0.2, 0.25) is 0 Å². The number of nitrogens with zero attached hydrogens (tertiary/aromatic N) is 1. The first-order chi connectivity index (χ1) is 9.22. The SMILES string of the molecule is CCN(C(=O)Oc1ccccc1)c1ccccc1F. The number of hydrogen-bond acceptors (Lipinski definition) is 2. The lowest BCUT2D eigenvalue weighted by molar-refractivity contribution is 0.207. The van der Waals surface area contributed by atoms with Crippen molar-refractivity contribution in [2.75, 3.05) is 11.4 Å². The smallest absolute Gasteiger partial charge is 0.410 e. The molecule has 0 heterocycles. The summed E-state index contributed by atoms with van der Waals surface area (Å²) in [6.45, 7) is 2.09. The monoisotopic (exact) mass is 259 g/mol. The summed E-state index contributed by atoms with van der Waals surface area (Å²) in [4.78, 5) is 13.3. The highest BCUT2D eigenvalue weighted by Gasteiger charge is 2.18. The molecule has 0 radical (unpaired) electrons. The Balaban J connectivity index is 2.19. The van der Waals surface area contributed by atoms with Crippen molar-refractivity contribution in [2.24, 2.45) is 0 Å². The standard InChI is InChI=1S/C15H14FNO2/c1-2-17(14-11-7-6-10-13(14)16)15(18)19-12-8-4-3-5-9-12/h3-11H,2H2,1H3. The number of ether oxygens (including phenoxy) is 1. The van der Waals surface area contributed by atoms with Crippen molar-refractivity contribution in [1.82, 2.24) is 0 Å². The number of carbonyl (C=O) groups is 1. The van der Waals surface area contributed by atoms with Crippen LogP contribution in [-0.4, -0.2) is 12.6 Å². The van der Waals surface area contributed by atoms with Gasteiger partial charge in [-0.3, -0.25) is 4.90 Å². The normalized spacial score (nSPS) is 10.0. The van der Waals surface area contributed by atoms with Gasteiger partial charge in [-0.05, 0) is 31.2 Å². The lowest BCUT2D eigenvalue weighted by Crippen LogP contribution is -2.34.